The van der Waals surface area contributed by atoms with E-state index in [0.717, 1.165) is 0 Å². The fourth-order valence-corrected chi connectivity index (χ4v) is 0. The average Bonchev–Trinajstić information content (AvgIpc) is 0. The zero-order valence-electron chi connectivity index (χ0n) is 2.39. The van der Waals surface area contributed by atoms with Gasteiger partial charge in [0.15, 0.2) is 0 Å². The van der Waals surface area contributed by atoms with E-state index in [1.165, 1.54) is 0 Å². The molecule has 0 N–H and O–H groups in total. The first-order valence-electron chi connectivity index (χ1n) is 0. The molecule has 0 amide bonds. The fraction of sp³-hybridized carbons (Fsp3) is 0. The maximum absolute atomic E-state index is 0. The van der Waals surface area contributed by atoms with E-state index in [1.54, 1.807) is 0 Å². The Balaban J connectivity index is 0. The minimum absolute atomic E-state index is 0. The van der Waals surface area contributed by atoms with Crippen LogP contribution in [0.2, 0.25) is 0 Å². The van der Waals surface area contributed by atoms with E-state index >= 15 is 0 Å². The van der Waals surface area contributed by atoms with E-state index in [0.29, 0.717) is 0 Å². The summed E-state index contributed by atoms with van der Waals surface area (Å²) in [6.45, 7) is 0. The Bertz CT molecular complexity index is 11.6. The predicted octanol–water partition coefficient (Wildman–Crippen LogP) is -0.391. The first-order chi connectivity index (χ1) is 0. The summed E-state index contributed by atoms with van der Waals surface area (Å²) in [5, 5.41) is 0. The number of hydrogen-bond donors (Lipinski definition) is 0. The molecule has 0 aliphatic rings. The van der Waals surface area contributed by atoms with Gasteiger partial charge in [0, 0.05) is 117 Å². The third-order valence-corrected chi connectivity index (χ3v) is 0. The van der Waals surface area contributed by atoms with E-state index < -0.39 is 0 Å². The third-order valence-electron chi connectivity index (χ3n) is 0. The average molecular weight is 532 g/mol. The summed E-state index contributed by atoms with van der Waals surface area (Å²) in [5.41, 5.74) is 0. The molecular formula is NbSnTaTiZr. The zero-order chi connectivity index (χ0) is 0. The second-order valence-corrected chi connectivity index (χ2v) is 0. The first kappa shape index (κ1) is 36.6. The van der Waals surface area contributed by atoms with E-state index in [-0.39, 0.29) is 117 Å². The molecule has 0 unspecified atom stereocenters. The molecular weight excluding hydrogens is 532 g/mol. The SMILES string of the molecule is [Nb].[Sn].[Ta].[Ti].[Zr]. The number of rotatable bonds is 0. The van der Waals surface area contributed by atoms with Crippen LogP contribution in [0.5, 0.6) is 0 Å². The molecule has 0 fully saturated rings. The summed E-state index contributed by atoms with van der Waals surface area (Å²) in [6, 6.07) is 0. The molecule has 0 aliphatic heterocycles. The minimum atomic E-state index is 0. The van der Waals surface area contributed by atoms with Crippen molar-refractivity contribution in [2.75, 3.05) is 0 Å². The molecule has 0 spiro atoms. The summed E-state index contributed by atoms with van der Waals surface area (Å²) in [4.78, 5) is 0. The van der Waals surface area contributed by atoms with Crippen LogP contribution in [0.3, 0.4) is 0 Å². The standard InChI is InChI=1S/Nb.Sn.Ta.Ti.Zr. The topological polar surface area (TPSA) is 0 Å². The molecule has 22 valence electrons. The van der Waals surface area contributed by atoms with Crippen molar-refractivity contribution < 1.29 is 92.7 Å². The summed E-state index contributed by atoms with van der Waals surface area (Å²) in [6.07, 6.45) is 0. The Kier molecular flexibility index (Phi) is 182. The van der Waals surface area contributed by atoms with Gasteiger partial charge in [-0.05, 0) is 0 Å². The van der Waals surface area contributed by atoms with Crippen LogP contribution >= 0.6 is 0 Å². The van der Waals surface area contributed by atoms with Crippen molar-refractivity contribution in [2.24, 2.45) is 0 Å². The van der Waals surface area contributed by atoms with Gasteiger partial charge in [-0.1, -0.05) is 0 Å². The largest absolute Gasteiger partial charge is 0 e. The summed E-state index contributed by atoms with van der Waals surface area (Å²) in [7, 11) is 0. The minimum Gasteiger partial charge on any atom is 0 e. The molecule has 0 saturated heterocycles. The third kappa shape index (κ3) is 18.1. The predicted molar refractivity (Wildman–Crippen MR) is 5.75 cm³/mol. The molecule has 5 heavy (non-hydrogen) atoms. The molecule has 5 heteroatoms. The van der Waals surface area contributed by atoms with Crippen LogP contribution in [0.4, 0.5) is 0 Å². The van der Waals surface area contributed by atoms with Gasteiger partial charge in [0.2, 0.25) is 0 Å². The molecule has 6 radical (unpaired) electrons. The van der Waals surface area contributed by atoms with Crippen molar-refractivity contribution in [1.82, 2.24) is 0 Å². The summed E-state index contributed by atoms with van der Waals surface area (Å²) in [5.74, 6) is 0. The maximum Gasteiger partial charge on any atom is 0 e. The monoisotopic (exact) mass is 532 g/mol. The molecule has 0 heterocycles. The van der Waals surface area contributed by atoms with Crippen LogP contribution in [0.15, 0.2) is 0 Å². The van der Waals surface area contributed by atoms with Crippen molar-refractivity contribution in [1.29, 1.82) is 0 Å². The first-order valence-corrected chi connectivity index (χ1v) is 0. The van der Waals surface area contributed by atoms with Gasteiger partial charge in [-0.15, -0.1) is 0 Å². The van der Waals surface area contributed by atoms with Crippen LogP contribution in [0.1, 0.15) is 0 Å². The van der Waals surface area contributed by atoms with Crippen molar-refractivity contribution in [3.05, 3.63) is 0 Å². The Morgan fingerprint density at radius 2 is 1.00 bits per heavy atom. The van der Waals surface area contributed by atoms with Gasteiger partial charge in [-0.3, -0.25) is 0 Å². The Hall–Kier alpha value is 3.88. The molecule has 0 rings (SSSR count). The fourth-order valence-electron chi connectivity index (χ4n) is 0. The van der Waals surface area contributed by atoms with Crippen molar-refractivity contribution in [3.8, 4) is 0 Å². The van der Waals surface area contributed by atoms with Crippen molar-refractivity contribution >= 4 is 23.9 Å². The molecule has 0 aromatic rings. The molecule has 0 saturated carbocycles. The van der Waals surface area contributed by atoms with Crippen LogP contribution in [-0.4, -0.2) is 23.9 Å². The molecule has 0 atom stereocenters. The quantitative estimate of drug-likeness (QED) is 0.374. The molecule has 0 aromatic carbocycles. The van der Waals surface area contributed by atoms with Crippen LogP contribution in [-0.2, 0) is 92.7 Å². The number of hydrogen-bond acceptors (Lipinski definition) is 0. The Morgan fingerprint density at radius 1 is 1.00 bits per heavy atom. The summed E-state index contributed by atoms with van der Waals surface area (Å²) < 4.78 is 0. The van der Waals surface area contributed by atoms with Gasteiger partial charge in [-0.2, -0.15) is 0 Å². The van der Waals surface area contributed by atoms with Gasteiger partial charge >= 0.3 is 0 Å². The Labute approximate surface area is 114 Å². The van der Waals surface area contributed by atoms with Gasteiger partial charge in [0.25, 0.3) is 0 Å². The van der Waals surface area contributed by atoms with E-state index in [9.17, 15) is 0 Å². The zero-order valence-corrected chi connectivity index (χ0v) is 14.7. The van der Waals surface area contributed by atoms with Crippen molar-refractivity contribution in [3.63, 3.8) is 0 Å². The maximum atomic E-state index is 0. The van der Waals surface area contributed by atoms with Gasteiger partial charge in [0.05, 0.1) is 0 Å². The van der Waals surface area contributed by atoms with Gasteiger partial charge in [-0.25, -0.2) is 0 Å². The normalized spacial score (nSPS) is 0. The second kappa shape index (κ2) is 24.8. The van der Waals surface area contributed by atoms with Crippen LogP contribution in [0, 0.1) is 0 Å². The smallest absolute Gasteiger partial charge is 0 e. The molecule has 0 aromatic heterocycles. The van der Waals surface area contributed by atoms with Crippen LogP contribution in [0.25, 0.3) is 0 Å². The second-order valence-electron chi connectivity index (χ2n) is 0. The van der Waals surface area contributed by atoms with Crippen LogP contribution < -0.4 is 0 Å². The van der Waals surface area contributed by atoms with Gasteiger partial charge < -0.3 is 0 Å². The van der Waals surface area contributed by atoms with E-state index in [1.807, 2.05) is 0 Å². The molecule has 0 bridgehead atoms. The molecule has 0 aliphatic carbocycles. The van der Waals surface area contributed by atoms with Gasteiger partial charge in [0.1, 0.15) is 0 Å². The Morgan fingerprint density at radius 3 is 1.00 bits per heavy atom. The van der Waals surface area contributed by atoms with E-state index in [2.05, 4.69) is 0 Å². The summed E-state index contributed by atoms with van der Waals surface area (Å²) >= 11 is 0. The van der Waals surface area contributed by atoms with Crippen molar-refractivity contribution in [2.45, 2.75) is 0 Å². The molecule has 0 nitrogen and oxygen atoms in total. The van der Waals surface area contributed by atoms with E-state index in [4.69, 9.17) is 0 Å².